The van der Waals surface area contributed by atoms with Crippen molar-refractivity contribution < 1.29 is 14.3 Å². The van der Waals surface area contributed by atoms with Crippen molar-refractivity contribution in [3.63, 3.8) is 0 Å². The maximum Gasteiger partial charge on any atom is 0.407 e. The highest BCUT2D eigenvalue weighted by atomic mass is 16.5. The fourth-order valence-electron chi connectivity index (χ4n) is 2.45. The molecule has 1 aliphatic carbocycles. The molecule has 0 saturated heterocycles. The van der Waals surface area contributed by atoms with Gasteiger partial charge in [-0.1, -0.05) is 66.7 Å². The van der Waals surface area contributed by atoms with E-state index in [2.05, 4.69) is 5.32 Å². The Balaban J connectivity index is 1.39. The second-order valence-electron chi connectivity index (χ2n) is 6.11. The number of ether oxygens (including phenoxy) is 1. The number of hydrogen-bond donors (Lipinski definition) is 1. The van der Waals surface area contributed by atoms with Crippen molar-refractivity contribution in [1.82, 2.24) is 5.32 Å². The van der Waals surface area contributed by atoms with Crippen LogP contribution in [0.3, 0.4) is 0 Å². The molecule has 1 saturated carbocycles. The molecule has 0 atom stereocenters. The van der Waals surface area contributed by atoms with Gasteiger partial charge in [0.1, 0.15) is 6.61 Å². The van der Waals surface area contributed by atoms with Crippen molar-refractivity contribution in [2.45, 2.75) is 19.4 Å². The lowest BCUT2D eigenvalue weighted by Gasteiger charge is -2.05. The van der Waals surface area contributed by atoms with E-state index in [1.54, 1.807) is 0 Å². The van der Waals surface area contributed by atoms with Crippen molar-refractivity contribution in [3.8, 4) is 0 Å². The Morgan fingerprint density at radius 3 is 2.44 bits per heavy atom. The zero-order chi connectivity index (χ0) is 17.5. The third kappa shape index (κ3) is 5.31. The molecular formula is C21H21NO3. The monoisotopic (exact) mass is 335 g/mol. The summed E-state index contributed by atoms with van der Waals surface area (Å²) in [6, 6.07) is 17.1. The Morgan fingerprint density at radius 1 is 1.04 bits per heavy atom. The molecule has 0 spiro atoms. The average Bonchev–Trinajstić information content (AvgIpc) is 3.49. The van der Waals surface area contributed by atoms with Crippen LogP contribution in [0.2, 0.25) is 0 Å². The van der Waals surface area contributed by atoms with Gasteiger partial charge in [-0.2, -0.15) is 0 Å². The van der Waals surface area contributed by atoms with Crippen LogP contribution in [0.25, 0.3) is 6.08 Å². The molecule has 1 aliphatic rings. The van der Waals surface area contributed by atoms with Gasteiger partial charge in [0.2, 0.25) is 0 Å². The molecule has 0 aromatic heterocycles. The summed E-state index contributed by atoms with van der Waals surface area (Å²) in [6.07, 6.45) is 5.35. The van der Waals surface area contributed by atoms with Gasteiger partial charge in [0.05, 0.1) is 0 Å². The Bertz CT molecular complexity index is 746. The summed E-state index contributed by atoms with van der Waals surface area (Å²) < 4.78 is 5.13. The number of amides is 1. The van der Waals surface area contributed by atoms with Crippen LogP contribution in [-0.4, -0.2) is 18.4 Å². The highest BCUT2D eigenvalue weighted by Crippen LogP contribution is 2.32. The van der Waals surface area contributed by atoms with E-state index in [4.69, 9.17) is 4.74 Å². The van der Waals surface area contributed by atoms with Gasteiger partial charge in [-0.25, -0.2) is 4.79 Å². The largest absolute Gasteiger partial charge is 0.445 e. The minimum atomic E-state index is -0.445. The van der Waals surface area contributed by atoms with Crippen LogP contribution in [-0.2, 0) is 11.3 Å². The zero-order valence-electron chi connectivity index (χ0n) is 14.0. The summed E-state index contributed by atoms with van der Waals surface area (Å²) in [6.45, 7) is 0.642. The predicted molar refractivity (Wildman–Crippen MR) is 97.2 cm³/mol. The number of ketones is 1. The number of nitrogens with one attached hydrogen (secondary N) is 1. The molecule has 1 N–H and O–H groups in total. The minimum Gasteiger partial charge on any atom is -0.445 e. The molecule has 4 nitrogen and oxygen atoms in total. The first-order chi connectivity index (χ1) is 12.2. The quantitative estimate of drug-likeness (QED) is 0.771. The molecule has 0 heterocycles. The summed E-state index contributed by atoms with van der Waals surface area (Å²) in [5.74, 6) is 0.492. The van der Waals surface area contributed by atoms with Crippen molar-refractivity contribution >= 4 is 18.0 Å². The van der Waals surface area contributed by atoms with Crippen LogP contribution < -0.4 is 5.32 Å². The van der Waals surface area contributed by atoms with Gasteiger partial charge in [0.25, 0.3) is 0 Å². The number of benzene rings is 2. The van der Waals surface area contributed by atoms with E-state index in [9.17, 15) is 9.59 Å². The normalized spacial score (nSPS) is 13.6. The van der Waals surface area contributed by atoms with Crippen LogP contribution in [0.15, 0.2) is 60.7 Å². The van der Waals surface area contributed by atoms with E-state index in [0.717, 1.165) is 29.5 Å². The lowest BCUT2D eigenvalue weighted by atomic mass is 10.1. The number of hydrogen-bond acceptors (Lipinski definition) is 3. The Labute approximate surface area is 147 Å². The molecular weight excluding hydrogens is 314 g/mol. The van der Waals surface area contributed by atoms with Gasteiger partial charge in [-0.05, 0) is 24.0 Å². The minimum absolute atomic E-state index is 0.243. The molecule has 2 aromatic carbocycles. The first kappa shape index (κ1) is 17.0. The SMILES string of the molecule is O=C(NCC=Cc1ccc(C(=O)C2CC2)cc1)OCc1ccccc1. The first-order valence-corrected chi connectivity index (χ1v) is 8.48. The van der Waals surface area contributed by atoms with Crippen LogP contribution in [0, 0.1) is 5.92 Å². The van der Waals surface area contributed by atoms with Gasteiger partial charge in [-0.15, -0.1) is 0 Å². The Kier molecular flexibility index (Phi) is 5.62. The molecule has 0 bridgehead atoms. The second kappa shape index (κ2) is 8.29. The highest BCUT2D eigenvalue weighted by molar-refractivity contribution is 5.99. The summed E-state index contributed by atoms with van der Waals surface area (Å²) in [5, 5.41) is 2.67. The topological polar surface area (TPSA) is 55.4 Å². The summed E-state index contributed by atoms with van der Waals surface area (Å²) in [5.41, 5.74) is 2.73. The van der Waals surface area contributed by atoms with Gasteiger partial charge in [0.15, 0.2) is 5.78 Å². The second-order valence-corrected chi connectivity index (χ2v) is 6.11. The molecule has 25 heavy (non-hydrogen) atoms. The van der Waals surface area contributed by atoms with E-state index in [1.165, 1.54) is 0 Å². The summed E-state index contributed by atoms with van der Waals surface area (Å²) >= 11 is 0. The lowest BCUT2D eigenvalue weighted by Crippen LogP contribution is -2.24. The molecule has 1 amide bonds. The molecule has 0 radical (unpaired) electrons. The van der Waals surface area contributed by atoms with E-state index in [0.29, 0.717) is 6.54 Å². The van der Waals surface area contributed by atoms with Gasteiger partial charge in [0, 0.05) is 18.0 Å². The molecule has 4 heteroatoms. The standard InChI is InChI=1S/C21H21NO3/c23-20(19-12-13-19)18-10-8-16(9-11-18)7-4-14-22-21(24)25-15-17-5-2-1-3-6-17/h1-11,19H,12-15H2,(H,22,24). The summed E-state index contributed by atoms with van der Waals surface area (Å²) in [4.78, 5) is 23.6. The Morgan fingerprint density at radius 2 is 1.76 bits per heavy atom. The van der Waals surface area contributed by atoms with Gasteiger partial charge < -0.3 is 10.1 Å². The van der Waals surface area contributed by atoms with Crippen molar-refractivity contribution in [2.24, 2.45) is 5.92 Å². The van der Waals surface area contributed by atoms with E-state index < -0.39 is 6.09 Å². The van der Waals surface area contributed by atoms with E-state index >= 15 is 0 Å². The molecule has 1 fully saturated rings. The smallest absolute Gasteiger partial charge is 0.407 e. The fraction of sp³-hybridized carbons (Fsp3) is 0.238. The summed E-state index contributed by atoms with van der Waals surface area (Å²) in [7, 11) is 0. The zero-order valence-corrected chi connectivity index (χ0v) is 14.0. The first-order valence-electron chi connectivity index (χ1n) is 8.48. The van der Waals surface area contributed by atoms with E-state index in [1.807, 2.05) is 66.7 Å². The van der Waals surface area contributed by atoms with Crippen LogP contribution >= 0.6 is 0 Å². The van der Waals surface area contributed by atoms with Crippen molar-refractivity contribution in [2.75, 3.05) is 6.54 Å². The fourth-order valence-corrected chi connectivity index (χ4v) is 2.45. The maximum absolute atomic E-state index is 11.9. The van der Waals surface area contributed by atoms with Crippen molar-refractivity contribution in [1.29, 1.82) is 0 Å². The van der Waals surface area contributed by atoms with Crippen LogP contribution in [0.1, 0.15) is 34.3 Å². The molecule has 0 unspecified atom stereocenters. The average molecular weight is 335 g/mol. The van der Waals surface area contributed by atoms with Gasteiger partial charge in [-0.3, -0.25) is 4.79 Å². The number of alkyl carbamates (subject to hydrolysis) is 1. The van der Waals surface area contributed by atoms with Crippen molar-refractivity contribution in [3.05, 3.63) is 77.4 Å². The number of carbonyl (C=O) groups is 2. The van der Waals surface area contributed by atoms with Gasteiger partial charge >= 0.3 is 6.09 Å². The third-order valence-corrected chi connectivity index (χ3v) is 4.03. The molecule has 128 valence electrons. The number of rotatable bonds is 7. The van der Waals surface area contributed by atoms with Crippen LogP contribution in [0.4, 0.5) is 4.79 Å². The molecule has 2 aromatic rings. The predicted octanol–water partition coefficient (Wildman–Crippen LogP) is 4.22. The number of Topliss-reactive ketones (excluding diaryl/α,β-unsaturated/α-hetero) is 1. The van der Waals surface area contributed by atoms with E-state index in [-0.39, 0.29) is 18.3 Å². The maximum atomic E-state index is 11.9. The molecule has 3 rings (SSSR count). The Hall–Kier alpha value is -2.88. The van der Waals surface area contributed by atoms with Crippen LogP contribution in [0.5, 0.6) is 0 Å². The molecule has 0 aliphatic heterocycles. The number of carbonyl (C=O) groups excluding carboxylic acids is 2. The highest BCUT2D eigenvalue weighted by Gasteiger charge is 2.30. The lowest BCUT2D eigenvalue weighted by molar-refractivity contribution is 0.0967. The third-order valence-electron chi connectivity index (χ3n) is 4.03.